The van der Waals surface area contributed by atoms with Crippen LogP contribution in [-0.4, -0.2) is 40.6 Å². The number of carbonyl (C=O) groups excluding carboxylic acids is 1. The van der Waals surface area contributed by atoms with E-state index in [1.807, 2.05) is 0 Å². The van der Waals surface area contributed by atoms with Crippen LogP contribution in [0.15, 0.2) is 0 Å². The van der Waals surface area contributed by atoms with Crippen LogP contribution in [0.3, 0.4) is 0 Å². The normalized spacial score (nSPS) is 45.3. The summed E-state index contributed by atoms with van der Waals surface area (Å²) in [4.78, 5) is 22.9. The van der Waals surface area contributed by atoms with Crippen molar-refractivity contribution in [1.82, 2.24) is 0 Å². The first kappa shape index (κ1) is 25.1. The lowest BCUT2D eigenvalue weighted by Crippen LogP contribution is -2.59. The monoisotopic (exact) mass is 484 g/mol. The Bertz CT molecular complexity index is 744. The van der Waals surface area contributed by atoms with Crippen molar-refractivity contribution in [3.8, 4) is 0 Å². The van der Waals surface area contributed by atoms with E-state index >= 15 is 0 Å². The molecular weight excluding hydrogens is 444 g/mol. The number of aliphatic hydroxyl groups is 1. The van der Waals surface area contributed by atoms with Gasteiger partial charge in [-0.05, 0) is 104 Å². The first-order valence-electron chi connectivity index (χ1n) is 12.9. The van der Waals surface area contributed by atoms with Crippen molar-refractivity contribution in [3.63, 3.8) is 0 Å². The number of fused-ring (bicyclic) bond motifs is 5. The van der Waals surface area contributed by atoms with E-state index in [4.69, 9.17) is 26.2 Å². The lowest BCUT2D eigenvalue weighted by atomic mass is 9.43. The highest BCUT2D eigenvalue weighted by Gasteiger charge is 2.63. The molecular formula is C26H41ClO6. The maximum atomic E-state index is 11.8. The first-order chi connectivity index (χ1) is 15.6. The van der Waals surface area contributed by atoms with E-state index in [0.717, 1.165) is 44.9 Å². The minimum absolute atomic E-state index is 0.111. The summed E-state index contributed by atoms with van der Waals surface area (Å²) >= 11 is 5.48. The average Bonchev–Trinajstić information content (AvgIpc) is 3.12. The van der Waals surface area contributed by atoms with Crippen LogP contribution < -0.4 is 0 Å². The van der Waals surface area contributed by atoms with Crippen molar-refractivity contribution in [1.29, 1.82) is 0 Å². The largest absolute Gasteiger partial charge is 0.509 e. The summed E-state index contributed by atoms with van der Waals surface area (Å²) in [5.41, 5.74) is 0.0440. The molecule has 0 bridgehead atoms. The van der Waals surface area contributed by atoms with Crippen molar-refractivity contribution in [2.24, 2.45) is 46.3 Å². The molecule has 4 rings (SSSR count). The molecule has 0 saturated heterocycles. The summed E-state index contributed by atoms with van der Waals surface area (Å²) in [6.07, 6.45) is 7.88. The first-order valence-corrected chi connectivity index (χ1v) is 13.4. The van der Waals surface area contributed by atoms with Gasteiger partial charge in [-0.3, -0.25) is 4.79 Å². The van der Waals surface area contributed by atoms with E-state index in [2.05, 4.69) is 20.8 Å². The van der Waals surface area contributed by atoms with Crippen molar-refractivity contribution < 1.29 is 29.3 Å². The second kappa shape index (κ2) is 9.56. The van der Waals surface area contributed by atoms with Crippen molar-refractivity contribution in [2.75, 3.05) is 6.07 Å². The Morgan fingerprint density at radius 1 is 1.09 bits per heavy atom. The number of alkyl halides is 1. The molecule has 6 nitrogen and oxygen atoms in total. The number of aliphatic carboxylic acids is 1. The number of aliphatic hydroxyl groups excluding tert-OH is 1. The van der Waals surface area contributed by atoms with Crippen LogP contribution >= 0.6 is 11.6 Å². The molecule has 0 aromatic rings. The second-order valence-corrected chi connectivity index (χ2v) is 12.1. The molecule has 0 amide bonds. The van der Waals surface area contributed by atoms with Gasteiger partial charge in [-0.2, -0.15) is 0 Å². The quantitative estimate of drug-likeness (QED) is 0.363. The molecule has 0 heterocycles. The Balaban J connectivity index is 1.47. The molecule has 0 radical (unpaired) electrons. The topological polar surface area (TPSA) is 93.1 Å². The minimum atomic E-state index is -0.729. The van der Waals surface area contributed by atoms with Crippen LogP contribution in [0, 0.1) is 46.3 Å². The van der Waals surface area contributed by atoms with Crippen LogP contribution in [0.1, 0.15) is 85.0 Å². The average molecular weight is 485 g/mol. The van der Waals surface area contributed by atoms with Gasteiger partial charge in [-0.15, -0.1) is 0 Å². The number of carbonyl (C=O) groups is 2. The molecule has 5 unspecified atom stereocenters. The zero-order chi connectivity index (χ0) is 24.0. The van der Waals surface area contributed by atoms with Gasteiger partial charge in [0.25, 0.3) is 0 Å². The molecule has 7 heteroatoms. The van der Waals surface area contributed by atoms with Crippen LogP contribution in [0.25, 0.3) is 0 Å². The van der Waals surface area contributed by atoms with Gasteiger partial charge in [-0.25, -0.2) is 4.79 Å². The third-order valence-corrected chi connectivity index (χ3v) is 10.8. The molecule has 10 atom stereocenters. The highest BCUT2D eigenvalue weighted by Crippen LogP contribution is 2.68. The van der Waals surface area contributed by atoms with E-state index in [1.54, 1.807) is 0 Å². The molecule has 0 aromatic carbocycles. The van der Waals surface area contributed by atoms with Crippen LogP contribution in [-0.2, 0) is 14.3 Å². The van der Waals surface area contributed by atoms with Crippen molar-refractivity contribution in [2.45, 2.75) is 97.2 Å². The number of carboxylic acid groups (broad SMARTS) is 1. The van der Waals surface area contributed by atoms with E-state index in [9.17, 15) is 14.7 Å². The summed E-state index contributed by atoms with van der Waals surface area (Å²) in [5, 5.41) is 20.7. The van der Waals surface area contributed by atoms with E-state index in [-0.39, 0.29) is 35.5 Å². The smallest absolute Gasteiger partial charge is 0.481 e. The Morgan fingerprint density at radius 2 is 1.85 bits per heavy atom. The number of ether oxygens (including phenoxy) is 2. The Labute approximate surface area is 202 Å². The molecule has 33 heavy (non-hydrogen) atoms. The van der Waals surface area contributed by atoms with Gasteiger partial charge in [0.15, 0.2) is 6.07 Å². The van der Waals surface area contributed by atoms with E-state index in [1.165, 1.54) is 6.42 Å². The Morgan fingerprint density at radius 3 is 2.55 bits per heavy atom. The lowest BCUT2D eigenvalue weighted by Gasteiger charge is -2.62. The molecule has 4 aliphatic carbocycles. The number of hydrogen-bond acceptors (Lipinski definition) is 5. The van der Waals surface area contributed by atoms with Crippen LogP contribution in [0.4, 0.5) is 4.79 Å². The molecule has 0 spiro atoms. The number of rotatable bonds is 6. The molecule has 4 aliphatic rings. The predicted octanol–water partition coefficient (Wildman–Crippen LogP) is 5.84. The maximum Gasteiger partial charge on any atom is 0.509 e. The van der Waals surface area contributed by atoms with Gasteiger partial charge in [0.05, 0.1) is 6.10 Å². The Hall–Kier alpha value is -1.01. The molecule has 0 aromatic heterocycles. The highest BCUT2D eigenvalue weighted by atomic mass is 35.5. The number of hydrogen-bond donors (Lipinski definition) is 2. The molecule has 4 fully saturated rings. The molecule has 2 N–H and O–H groups in total. The zero-order valence-corrected chi connectivity index (χ0v) is 21.1. The van der Waals surface area contributed by atoms with Gasteiger partial charge in [0.1, 0.15) is 6.10 Å². The van der Waals surface area contributed by atoms with E-state index < -0.39 is 12.1 Å². The number of carboxylic acids is 1. The fourth-order valence-corrected chi connectivity index (χ4v) is 9.11. The van der Waals surface area contributed by atoms with Gasteiger partial charge in [-0.1, -0.05) is 32.4 Å². The van der Waals surface area contributed by atoms with Crippen LogP contribution in [0.2, 0.25) is 0 Å². The molecule has 0 aliphatic heterocycles. The summed E-state index contributed by atoms with van der Waals surface area (Å²) < 4.78 is 10.3. The second-order valence-electron chi connectivity index (χ2n) is 11.9. The predicted molar refractivity (Wildman–Crippen MR) is 125 cm³/mol. The highest BCUT2D eigenvalue weighted by molar-refractivity contribution is 6.17. The Kier molecular flexibility index (Phi) is 7.27. The lowest BCUT2D eigenvalue weighted by molar-refractivity contribution is -0.175. The molecule has 4 saturated carbocycles. The van der Waals surface area contributed by atoms with Crippen LogP contribution in [0.5, 0.6) is 0 Å². The SMILES string of the molecule is C[C@H](CCC(=O)O)C1CCC2C3CCC4C[C@H](OC(=O)OCCl)CC[C@]4(C)C3C[C@H](O)[C@@]21C. The van der Waals surface area contributed by atoms with Gasteiger partial charge in [0.2, 0.25) is 0 Å². The fraction of sp³-hybridized carbons (Fsp3) is 0.923. The molecule has 188 valence electrons. The third-order valence-electron chi connectivity index (χ3n) is 10.7. The van der Waals surface area contributed by atoms with Crippen molar-refractivity contribution >= 4 is 23.7 Å². The fourth-order valence-electron chi connectivity index (χ4n) is 9.02. The zero-order valence-electron chi connectivity index (χ0n) is 20.3. The van der Waals surface area contributed by atoms with Crippen molar-refractivity contribution in [3.05, 3.63) is 0 Å². The standard InChI is InChI=1S/C26H41ClO6/c1-15(4-9-23(29)30)19-7-8-20-18-6-5-16-12-17(33-24(31)32-14-27)10-11-25(16,2)21(18)13-22(28)26(19,20)3/h15-22,28H,4-14H2,1-3H3,(H,29,30)/t15-,16?,17-,18?,19?,20?,21?,22+,25+,26-/m1/s1. The summed E-state index contributed by atoms with van der Waals surface area (Å²) in [7, 11) is 0. The van der Waals surface area contributed by atoms with Gasteiger partial charge >= 0.3 is 12.1 Å². The van der Waals surface area contributed by atoms with Gasteiger partial charge in [0, 0.05) is 6.42 Å². The summed E-state index contributed by atoms with van der Waals surface area (Å²) in [6.45, 7) is 6.91. The number of halogens is 1. The van der Waals surface area contributed by atoms with Gasteiger partial charge < -0.3 is 19.7 Å². The van der Waals surface area contributed by atoms with E-state index in [0.29, 0.717) is 41.9 Å². The summed E-state index contributed by atoms with van der Waals surface area (Å²) in [5.74, 6) is 2.09. The maximum absolute atomic E-state index is 11.8. The third kappa shape index (κ3) is 4.39. The minimum Gasteiger partial charge on any atom is -0.481 e. The summed E-state index contributed by atoms with van der Waals surface area (Å²) in [6, 6.07) is -0.190.